The van der Waals surface area contributed by atoms with Crippen LogP contribution in [-0.4, -0.2) is 28.9 Å². The summed E-state index contributed by atoms with van der Waals surface area (Å²) in [5.74, 6) is 0.00972. The van der Waals surface area contributed by atoms with E-state index < -0.39 is 0 Å². The number of carbonyl (C=O) groups excluding carboxylic acids is 2. The number of Topliss-reactive ketones (excluding diaryl/α,β-unsaturated/α-hetero) is 2. The monoisotopic (exact) mass is 340 g/mol. The molecule has 0 N–H and O–H groups in total. The lowest BCUT2D eigenvalue weighted by atomic mass is 10.0. The van der Waals surface area contributed by atoms with E-state index in [1.54, 1.807) is 0 Å². The van der Waals surface area contributed by atoms with Crippen molar-refractivity contribution in [3.8, 4) is 0 Å². The largest absolute Gasteiger partial charge is 0.293 e. The van der Waals surface area contributed by atoms with Gasteiger partial charge in [0, 0.05) is 12.8 Å². The van der Waals surface area contributed by atoms with Crippen molar-refractivity contribution >= 4 is 26.9 Å². The van der Waals surface area contributed by atoms with Crippen molar-refractivity contribution < 1.29 is 9.59 Å². The Labute approximate surface area is 146 Å². The SMILES string of the molecule is CS(C)=C(C(=O)CCc1ccccc1)C(=O)CCc1ccccc1. The van der Waals surface area contributed by atoms with Crippen LogP contribution in [0.4, 0.5) is 0 Å². The van der Waals surface area contributed by atoms with Gasteiger partial charge in [0.2, 0.25) is 0 Å². The molecule has 0 aliphatic carbocycles. The molecule has 0 aliphatic rings. The van der Waals surface area contributed by atoms with Gasteiger partial charge in [0.15, 0.2) is 11.6 Å². The van der Waals surface area contributed by atoms with Crippen molar-refractivity contribution in [3.05, 3.63) is 71.8 Å². The van der Waals surface area contributed by atoms with Gasteiger partial charge in [-0.15, -0.1) is 0 Å². The first-order valence-electron chi connectivity index (χ1n) is 8.16. The van der Waals surface area contributed by atoms with Crippen molar-refractivity contribution in [1.29, 1.82) is 0 Å². The fraction of sp³-hybridized carbons (Fsp3) is 0.286. The van der Waals surface area contributed by atoms with Crippen LogP contribution in [0.5, 0.6) is 0 Å². The van der Waals surface area contributed by atoms with Gasteiger partial charge < -0.3 is 0 Å². The highest BCUT2D eigenvalue weighted by atomic mass is 32.2. The number of rotatable bonds is 8. The van der Waals surface area contributed by atoms with E-state index in [4.69, 9.17) is 0 Å². The second-order valence-corrected chi connectivity index (χ2v) is 8.00. The van der Waals surface area contributed by atoms with Gasteiger partial charge in [-0.1, -0.05) is 60.7 Å². The van der Waals surface area contributed by atoms with E-state index >= 15 is 0 Å². The molecule has 0 bridgehead atoms. The van der Waals surface area contributed by atoms with E-state index in [1.165, 1.54) is 0 Å². The second-order valence-electron chi connectivity index (χ2n) is 5.96. The van der Waals surface area contributed by atoms with Gasteiger partial charge in [0.1, 0.15) is 0 Å². The third kappa shape index (κ3) is 5.57. The van der Waals surface area contributed by atoms with Crippen LogP contribution >= 0.6 is 10.5 Å². The maximum absolute atomic E-state index is 12.6. The maximum atomic E-state index is 12.6. The first-order chi connectivity index (χ1) is 11.6. The number of hydrogen-bond acceptors (Lipinski definition) is 2. The fourth-order valence-electron chi connectivity index (χ4n) is 2.64. The third-order valence-corrected chi connectivity index (χ3v) is 5.15. The summed E-state index contributed by atoms with van der Waals surface area (Å²) in [6, 6.07) is 19.9. The van der Waals surface area contributed by atoms with Crippen LogP contribution in [0.1, 0.15) is 24.0 Å². The molecule has 0 radical (unpaired) electrons. The molecular weight excluding hydrogens is 316 g/mol. The predicted molar refractivity (Wildman–Crippen MR) is 104 cm³/mol. The van der Waals surface area contributed by atoms with Gasteiger partial charge in [-0.25, -0.2) is 0 Å². The molecule has 2 aromatic rings. The smallest absolute Gasteiger partial charge is 0.172 e. The molecule has 0 saturated heterocycles. The Morgan fingerprint density at radius 1 is 0.708 bits per heavy atom. The average molecular weight is 340 g/mol. The highest BCUT2D eigenvalue weighted by molar-refractivity contribution is 8.16. The molecular formula is C21H24O2S. The molecule has 0 spiro atoms. The zero-order chi connectivity index (χ0) is 17.4. The summed E-state index contributed by atoms with van der Waals surface area (Å²) in [5, 5.41) is 0. The summed E-state index contributed by atoms with van der Waals surface area (Å²) in [6.45, 7) is 0. The van der Waals surface area contributed by atoms with Crippen molar-refractivity contribution in [2.24, 2.45) is 0 Å². The summed E-state index contributed by atoms with van der Waals surface area (Å²) in [4.78, 5) is 25.6. The molecule has 2 aromatic carbocycles. The summed E-state index contributed by atoms with van der Waals surface area (Å²) in [5.41, 5.74) is 2.27. The van der Waals surface area contributed by atoms with E-state index in [0.29, 0.717) is 30.5 Å². The van der Waals surface area contributed by atoms with E-state index in [-0.39, 0.29) is 22.1 Å². The molecule has 126 valence electrons. The zero-order valence-electron chi connectivity index (χ0n) is 14.3. The van der Waals surface area contributed by atoms with Crippen LogP contribution < -0.4 is 0 Å². The first kappa shape index (κ1) is 18.3. The number of ketones is 2. The Hall–Kier alpha value is -2.00. The Balaban J connectivity index is 1.96. The highest BCUT2D eigenvalue weighted by Crippen LogP contribution is 2.13. The minimum Gasteiger partial charge on any atom is -0.293 e. The molecule has 2 nitrogen and oxygen atoms in total. The van der Waals surface area contributed by atoms with Crippen molar-refractivity contribution in [2.75, 3.05) is 12.5 Å². The predicted octanol–water partition coefficient (Wildman–Crippen LogP) is 4.09. The van der Waals surface area contributed by atoms with Gasteiger partial charge in [-0.3, -0.25) is 9.59 Å². The van der Waals surface area contributed by atoms with Gasteiger partial charge >= 0.3 is 0 Å². The number of hydrogen-bond donors (Lipinski definition) is 0. The summed E-state index contributed by atoms with van der Waals surface area (Å²) in [6.07, 6.45) is 6.09. The molecule has 24 heavy (non-hydrogen) atoms. The Morgan fingerprint density at radius 2 is 1.08 bits per heavy atom. The summed E-state index contributed by atoms with van der Waals surface area (Å²) in [7, 11) is -0.312. The van der Waals surface area contributed by atoms with E-state index in [0.717, 1.165) is 11.1 Å². The molecule has 0 unspecified atom stereocenters. The van der Waals surface area contributed by atoms with Crippen LogP contribution in [0.15, 0.2) is 60.7 Å². The van der Waals surface area contributed by atoms with Crippen molar-refractivity contribution in [3.63, 3.8) is 0 Å². The highest BCUT2D eigenvalue weighted by Gasteiger charge is 2.19. The molecule has 0 saturated carbocycles. The Bertz CT molecular complexity index is 657. The van der Waals surface area contributed by atoms with Crippen LogP contribution in [0.2, 0.25) is 0 Å². The Kier molecular flexibility index (Phi) is 7.13. The van der Waals surface area contributed by atoms with E-state index in [1.807, 2.05) is 73.2 Å². The van der Waals surface area contributed by atoms with Crippen LogP contribution in [-0.2, 0) is 22.4 Å². The van der Waals surface area contributed by atoms with E-state index in [9.17, 15) is 9.59 Å². The standard InChI is InChI=1S/C21H24O2S/c1-24(2)21(19(22)15-13-17-9-5-3-6-10-17)20(23)16-14-18-11-7-4-8-12-18/h3-12H,13-16H2,1-2H3. The normalized spacial score (nSPS) is 10.6. The number of aryl methyl sites for hydroxylation is 2. The molecule has 0 fully saturated rings. The number of carbonyl (C=O) groups is 2. The molecule has 0 heterocycles. The minimum absolute atomic E-state index is 0.00486. The maximum Gasteiger partial charge on any atom is 0.172 e. The zero-order valence-corrected chi connectivity index (χ0v) is 15.1. The van der Waals surface area contributed by atoms with Gasteiger partial charge in [-0.05, 0) is 36.5 Å². The van der Waals surface area contributed by atoms with Crippen LogP contribution in [0.25, 0.3) is 0 Å². The van der Waals surface area contributed by atoms with Crippen LogP contribution in [0, 0.1) is 0 Å². The minimum atomic E-state index is -0.312. The first-order valence-corrected chi connectivity index (χ1v) is 10.2. The summed E-state index contributed by atoms with van der Waals surface area (Å²) >= 11 is 0. The van der Waals surface area contributed by atoms with Gasteiger partial charge in [0.05, 0.1) is 4.86 Å². The van der Waals surface area contributed by atoms with Gasteiger partial charge in [0.25, 0.3) is 0 Å². The number of benzene rings is 2. The molecule has 3 heteroatoms. The molecule has 0 aromatic heterocycles. The molecule has 0 amide bonds. The van der Waals surface area contributed by atoms with Crippen molar-refractivity contribution in [1.82, 2.24) is 0 Å². The lowest BCUT2D eigenvalue weighted by Crippen LogP contribution is -2.25. The van der Waals surface area contributed by atoms with E-state index in [2.05, 4.69) is 0 Å². The van der Waals surface area contributed by atoms with Gasteiger partial charge in [-0.2, -0.15) is 10.5 Å². The molecule has 2 rings (SSSR count). The average Bonchev–Trinajstić information content (AvgIpc) is 2.60. The lowest BCUT2D eigenvalue weighted by molar-refractivity contribution is -0.116. The van der Waals surface area contributed by atoms with Crippen molar-refractivity contribution in [2.45, 2.75) is 25.7 Å². The lowest BCUT2D eigenvalue weighted by Gasteiger charge is -2.09. The quantitative estimate of drug-likeness (QED) is 0.536. The second kappa shape index (κ2) is 9.33. The molecule has 0 aliphatic heterocycles. The third-order valence-electron chi connectivity index (χ3n) is 3.88. The fourth-order valence-corrected chi connectivity index (χ4v) is 3.76. The topological polar surface area (TPSA) is 34.1 Å². The Morgan fingerprint density at radius 3 is 1.42 bits per heavy atom. The molecule has 0 atom stereocenters. The summed E-state index contributed by atoms with van der Waals surface area (Å²) < 4.78 is 0. The van der Waals surface area contributed by atoms with Crippen LogP contribution in [0.3, 0.4) is 0 Å².